The van der Waals surface area contributed by atoms with E-state index < -0.39 is 0 Å². The molecule has 0 aromatic carbocycles. The van der Waals surface area contributed by atoms with E-state index in [2.05, 4.69) is 13.0 Å². The van der Waals surface area contributed by atoms with E-state index in [0.29, 0.717) is 5.92 Å². The Morgan fingerprint density at radius 3 is 2.59 bits per heavy atom. The van der Waals surface area contributed by atoms with Crippen molar-refractivity contribution in [2.45, 2.75) is 51.5 Å². The zero-order valence-electron chi connectivity index (χ0n) is 10.5. The summed E-state index contributed by atoms with van der Waals surface area (Å²) in [6, 6.07) is 4.26. The zero-order valence-corrected chi connectivity index (χ0v) is 12.1. The SMILES string of the molecule is CCCC1CCC(C(N)c2ccc(Cl)s2)CC1. The largest absolute Gasteiger partial charge is 0.323 e. The quantitative estimate of drug-likeness (QED) is 0.819. The van der Waals surface area contributed by atoms with Gasteiger partial charge < -0.3 is 5.73 Å². The van der Waals surface area contributed by atoms with Crippen LogP contribution in [0.15, 0.2) is 12.1 Å². The highest BCUT2D eigenvalue weighted by molar-refractivity contribution is 7.16. The standard InChI is InChI=1S/C14H22ClNS/c1-2-3-10-4-6-11(7-5-10)14(16)12-8-9-13(15)17-12/h8-11,14H,2-7,16H2,1H3. The van der Waals surface area contributed by atoms with Crippen LogP contribution in [-0.2, 0) is 0 Å². The molecule has 1 atom stereocenters. The molecule has 1 aliphatic rings. The lowest BCUT2D eigenvalue weighted by molar-refractivity contribution is 0.236. The summed E-state index contributed by atoms with van der Waals surface area (Å²) in [4.78, 5) is 1.26. The highest BCUT2D eigenvalue weighted by Gasteiger charge is 2.26. The molecule has 3 heteroatoms. The molecule has 2 rings (SSSR count). The third-order valence-corrected chi connectivity index (χ3v) is 5.35. The van der Waals surface area contributed by atoms with Crippen molar-refractivity contribution in [2.75, 3.05) is 0 Å². The third kappa shape index (κ3) is 3.46. The van der Waals surface area contributed by atoms with Crippen molar-refractivity contribution >= 4 is 22.9 Å². The Kier molecular flexibility index (Phi) is 4.89. The molecular weight excluding hydrogens is 250 g/mol. The molecular formula is C14H22ClNS. The maximum absolute atomic E-state index is 6.35. The molecule has 0 saturated heterocycles. The van der Waals surface area contributed by atoms with E-state index in [-0.39, 0.29) is 6.04 Å². The maximum Gasteiger partial charge on any atom is 0.0931 e. The molecule has 1 nitrogen and oxygen atoms in total. The fourth-order valence-electron chi connectivity index (χ4n) is 2.98. The number of halogens is 1. The molecule has 1 aromatic heterocycles. The maximum atomic E-state index is 6.35. The van der Waals surface area contributed by atoms with E-state index in [1.807, 2.05) is 6.07 Å². The van der Waals surface area contributed by atoms with Gasteiger partial charge in [-0.2, -0.15) is 0 Å². The second-order valence-electron chi connectivity index (χ2n) is 5.24. The van der Waals surface area contributed by atoms with Gasteiger partial charge in [0.25, 0.3) is 0 Å². The van der Waals surface area contributed by atoms with Crippen molar-refractivity contribution in [1.29, 1.82) is 0 Å². The van der Waals surface area contributed by atoms with Crippen LogP contribution in [0.3, 0.4) is 0 Å². The summed E-state index contributed by atoms with van der Waals surface area (Å²) in [5, 5.41) is 0. The molecule has 0 aliphatic heterocycles. The number of nitrogens with two attached hydrogens (primary N) is 1. The Morgan fingerprint density at radius 2 is 2.06 bits per heavy atom. The molecule has 0 amide bonds. The molecule has 1 fully saturated rings. The van der Waals surface area contributed by atoms with Crippen molar-refractivity contribution in [1.82, 2.24) is 0 Å². The zero-order chi connectivity index (χ0) is 12.3. The summed E-state index contributed by atoms with van der Waals surface area (Å²) in [5.41, 5.74) is 6.35. The van der Waals surface area contributed by atoms with Gasteiger partial charge in [0.15, 0.2) is 0 Å². The van der Waals surface area contributed by atoms with Crippen molar-refractivity contribution in [3.05, 3.63) is 21.3 Å². The first kappa shape index (κ1) is 13.4. The van der Waals surface area contributed by atoms with E-state index in [1.165, 1.54) is 43.4 Å². The van der Waals surface area contributed by atoms with Crippen molar-refractivity contribution < 1.29 is 0 Å². The first-order valence-electron chi connectivity index (χ1n) is 6.71. The van der Waals surface area contributed by atoms with Crippen molar-refractivity contribution in [2.24, 2.45) is 17.6 Å². The lowest BCUT2D eigenvalue weighted by atomic mass is 9.77. The van der Waals surface area contributed by atoms with Gasteiger partial charge in [-0.1, -0.05) is 44.2 Å². The van der Waals surface area contributed by atoms with Crippen LogP contribution < -0.4 is 5.73 Å². The second-order valence-corrected chi connectivity index (χ2v) is 6.98. The van der Waals surface area contributed by atoms with Gasteiger partial charge in [0.05, 0.1) is 4.34 Å². The van der Waals surface area contributed by atoms with Crippen molar-refractivity contribution in [3.8, 4) is 0 Å². The second kappa shape index (κ2) is 6.21. The van der Waals surface area contributed by atoms with Gasteiger partial charge in [0.2, 0.25) is 0 Å². The van der Waals surface area contributed by atoms with Crippen LogP contribution in [0.25, 0.3) is 0 Å². The van der Waals surface area contributed by atoms with Gasteiger partial charge in [-0.25, -0.2) is 0 Å². The molecule has 0 bridgehead atoms. The molecule has 0 spiro atoms. The van der Waals surface area contributed by atoms with E-state index in [4.69, 9.17) is 17.3 Å². The Morgan fingerprint density at radius 1 is 1.35 bits per heavy atom. The van der Waals surface area contributed by atoms with Crippen molar-refractivity contribution in [3.63, 3.8) is 0 Å². The van der Waals surface area contributed by atoms with Gasteiger partial charge in [0.1, 0.15) is 0 Å². The summed E-state index contributed by atoms with van der Waals surface area (Å²) < 4.78 is 0.857. The van der Waals surface area contributed by atoms with Crippen LogP contribution in [0, 0.1) is 11.8 Å². The van der Waals surface area contributed by atoms with Gasteiger partial charge in [-0.05, 0) is 36.8 Å². The Labute approximate surface area is 113 Å². The molecule has 1 unspecified atom stereocenters. The molecule has 96 valence electrons. The highest BCUT2D eigenvalue weighted by atomic mass is 35.5. The predicted molar refractivity (Wildman–Crippen MR) is 76.6 cm³/mol. The van der Waals surface area contributed by atoms with Crippen LogP contribution >= 0.6 is 22.9 Å². The Balaban J connectivity index is 1.88. The first-order chi connectivity index (χ1) is 8.20. The highest BCUT2D eigenvalue weighted by Crippen LogP contribution is 2.39. The molecule has 0 radical (unpaired) electrons. The van der Waals surface area contributed by atoms with Crippen LogP contribution in [0.2, 0.25) is 4.34 Å². The number of hydrogen-bond acceptors (Lipinski definition) is 2. The lowest BCUT2D eigenvalue weighted by Crippen LogP contribution is -2.25. The summed E-state index contributed by atoms with van der Waals surface area (Å²) in [6.45, 7) is 2.28. The molecule has 1 saturated carbocycles. The minimum absolute atomic E-state index is 0.204. The topological polar surface area (TPSA) is 26.0 Å². The van der Waals surface area contributed by atoms with Gasteiger partial charge in [0, 0.05) is 10.9 Å². The summed E-state index contributed by atoms with van der Waals surface area (Å²) in [7, 11) is 0. The Bertz CT molecular complexity index is 342. The monoisotopic (exact) mass is 271 g/mol. The third-order valence-electron chi connectivity index (χ3n) is 4.02. The van der Waals surface area contributed by atoms with Crippen LogP contribution in [-0.4, -0.2) is 0 Å². The van der Waals surface area contributed by atoms with Crippen LogP contribution in [0.5, 0.6) is 0 Å². The minimum atomic E-state index is 0.204. The smallest absolute Gasteiger partial charge is 0.0931 e. The van der Waals surface area contributed by atoms with E-state index in [9.17, 15) is 0 Å². The van der Waals surface area contributed by atoms with E-state index in [1.54, 1.807) is 11.3 Å². The summed E-state index contributed by atoms with van der Waals surface area (Å²) >= 11 is 7.61. The fraction of sp³-hybridized carbons (Fsp3) is 0.714. The Hall–Kier alpha value is -0.0500. The predicted octanol–water partition coefficient (Wildman–Crippen LogP) is 5.01. The molecule has 2 N–H and O–H groups in total. The number of hydrogen-bond donors (Lipinski definition) is 1. The lowest BCUT2D eigenvalue weighted by Gasteiger charge is -2.31. The molecule has 1 heterocycles. The molecule has 1 aliphatic carbocycles. The van der Waals surface area contributed by atoms with E-state index >= 15 is 0 Å². The summed E-state index contributed by atoms with van der Waals surface area (Å²) in [5.74, 6) is 1.62. The van der Waals surface area contributed by atoms with Crippen LogP contribution in [0.4, 0.5) is 0 Å². The average molecular weight is 272 g/mol. The molecule has 1 aromatic rings. The average Bonchev–Trinajstić information content (AvgIpc) is 2.76. The normalized spacial score (nSPS) is 27.0. The van der Waals surface area contributed by atoms with Crippen LogP contribution in [0.1, 0.15) is 56.4 Å². The number of rotatable bonds is 4. The molecule has 17 heavy (non-hydrogen) atoms. The van der Waals surface area contributed by atoms with E-state index in [0.717, 1.165) is 10.3 Å². The first-order valence-corrected chi connectivity index (χ1v) is 7.91. The minimum Gasteiger partial charge on any atom is -0.323 e. The van der Waals surface area contributed by atoms with Gasteiger partial charge in [-0.15, -0.1) is 11.3 Å². The van der Waals surface area contributed by atoms with Gasteiger partial charge >= 0.3 is 0 Å². The summed E-state index contributed by atoms with van der Waals surface area (Å²) in [6.07, 6.45) is 8.04. The van der Waals surface area contributed by atoms with Gasteiger partial charge in [-0.3, -0.25) is 0 Å². The number of thiophene rings is 1. The fourth-order valence-corrected chi connectivity index (χ4v) is 4.14.